The second kappa shape index (κ2) is 9.11. The predicted molar refractivity (Wildman–Crippen MR) is 114 cm³/mol. The molecule has 2 aromatic carbocycles. The van der Waals surface area contributed by atoms with Crippen LogP contribution in [0.3, 0.4) is 0 Å². The molecular formula is C23H31N3O2. The minimum Gasteiger partial charge on any atom is -0.491 e. The zero-order valence-corrected chi connectivity index (χ0v) is 17.3. The SMILES string of the molecule is CC(C)Oc1ccccc1C(C)NC(=O)c1ccccc1N1CCN(C)CC1. The fourth-order valence-corrected chi connectivity index (χ4v) is 3.54. The number of hydrogen-bond acceptors (Lipinski definition) is 4. The van der Waals surface area contributed by atoms with Gasteiger partial charge in [-0.2, -0.15) is 0 Å². The fraction of sp³-hybridized carbons (Fsp3) is 0.435. The minimum absolute atomic E-state index is 0.0543. The summed E-state index contributed by atoms with van der Waals surface area (Å²) < 4.78 is 5.92. The first kappa shape index (κ1) is 20.2. The van der Waals surface area contributed by atoms with Gasteiger partial charge in [0.2, 0.25) is 0 Å². The number of carbonyl (C=O) groups excluding carboxylic acids is 1. The molecule has 1 amide bonds. The van der Waals surface area contributed by atoms with Crippen LogP contribution in [0.2, 0.25) is 0 Å². The van der Waals surface area contributed by atoms with Gasteiger partial charge in [-0.15, -0.1) is 0 Å². The molecule has 1 aliphatic rings. The summed E-state index contributed by atoms with van der Waals surface area (Å²) in [6.07, 6.45) is 0.0852. The lowest BCUT2D eigenvalue weighted by molar-refractivity contribution is 0.0939. The maximum absolute atomic E-state index is 13.1. The Balaban J connectivity index is 1.77. The van der Waals surface area contributed by atoms with Gasteiger partial charge in [0.15, 0.2) is 0 Å². The van der Waals surface area contributed by atoms with Crippen LogP contribution in [0.5, 0.6) is 5.75 Å². The average Bonchev–Trinajstić information content (AvgIpc) is 2.68. The Bertz CT molecular complexity index is 798. The van der Waals surface area contributed by atoms with Gasteiger partial charge in [0, 0.05) is 37.4 Å². The van der Waals surface area contributed by atoms with E-state index in [1.165, 1.54) is 0 Å². The van der Waals surface area contributed by atoms with Crippen molar-refractivity contribution in [2.24, 2.45) is 0 Å². The average molecular weight is 382 g/mol. The number of piperazine rings is 1. The molecule has 1 saturated heterocycles. The summed E-state index contributed by atoms with van der Waals surface area (Å²) in [4.78, 5) is 17.7. The van der Waals surface area contributed by atoms with Crippen molar-refractivity contribution in [3.63, 3.8) is 0 Å². The predicted octanol–water partition coefficient (Wildman–Crippen LogP) is 3.72. The smallest absolute Gasteiger partial charge is 0.253 e. The summed E-state index contributed by atoms with van der Waals surface area (Å²) in [6, 6.07) is 15.6. The first-order valence-electron chi connectivity index (χ1n) is 10.0. The molecule has 0 bridgehead atoms. The molecule has 1 heterocycles. The molecule has 0 aliphatic carbocycles. The van der Waals surface area contributed by atoms with E-state index in [1.54, 1.807) is 0 Å². The summed E-state index contributed by atoms with van der Waals surface area (Å²) in [5, 5.41) is 3.16. The highest BCUT2D eigenvalue weighted by Crippen LogP contribution is 2.27. The molecular weight excluding hydrogens is 350 g/mol. The lowest BCUT2D eigenvalue weighted by Gasteiger charge is -2.35. The number of ether oxygens (including phenoxy) is 1. The number of likely N-dealkylation sites (N-methyl/N-ethyl adjacent to an activating group) is 1. The van der Waals surface area contributed by atoms with Crippen LogP contribution in [-0.4, -0.2) is 50.1 Å². The molecule has 0 aromatic heterocycles. The van der Waals surface area contributed by atoms with Crippen molar-refractivity contribution in [3.8, 4) is 5.75 Å². The van der Waals surface area contributed by atoms with Gasteiger partial charge < -0.3 is 19.9 Å². The molecule has 5 nitrogen and oxygen atoms in total. The third-order valence-corrected chi connectivity index (χ3v) is 5.09. The monoisotopic (exact) mass is 381 g/mol. The standard InChI is InChI=1S/C23H31N3O2/c1-17(2)28-22-12-8-6-9-19(22)18(3)24-23(27)20-10-5-7-11-21(20)26-15-13-25(4)14-16-26/h5-12,17-18H,13-16H2,1-4H3,(H,24,27). The van der Waals surface area contributed by atoms with Crippen molar-refractivity contribution < 1.29 is 9.53 Å². The number of amides is 1. The zero-order chi connectivity index (χ0) is 20.1. The molecule has 1 aliphatic heterocycles. The molecule has 1 unspecified atom stereocenters. The maximum atomic E-state index is 13.1. The Labute approximate surface area is 168 Å². The largest absolute Gasteiger partial charge is 0.491 e. The molecule has 1 N–H and O–H groups in total. The zero-order valence-electron chi connectivity index (χ0n) is 17.3. The Morgan fingerprint density at radius 3 is 2.32 bits per heavy atom. The van der Waals surface area contributed by atoms with Crippen LogP contribution in [0.25, 0.3) is 0 Å². The van der Waals surface area contributed by atoms with Crippen LogP contribution in [0.1, 0.15) is 42.7 Å². The number of para-hydroxylation sites is 2. The Hall–Kier alpha value is -2.53. The van der Waals surface area contributed by atoms with Crippen LogP contribution < -0.4 is 15.0 Å². The molecule has 5 heteroatoms. The van der Waals surface area contributed by atoms with Crippen molar-refractivity contribution >= 4 is 11.6 Å². The molecule has 0 saturated carbocycles. The second-order valence-corrected chi connectivity index (χ2v) is 7.71. The van der Waals surface area contributed by atoms with E-state index in [1.807, 2.05) is 69.3 Å². The number of hydrogen-bond donors (Lipinski definition) is 1. The molecule has 1 fully saturated rings. The molecule has 0 spiro atoms. The third kappa shape index (κ3) is 4.84. The van der Waals surface area contributed by atoms with Crippen molar-refractivity contribution in [3.05, 3.63) is 59.7 Å². The van der Waals surface area contributed by atoms with E-state index >= 15 is 0 Å². The highest BCUT2D eigenvalue weighted by molar-refractivity contribution is 6.00. The van der Waals surface area contributed by atoms with E-state index in [4.69, 9.17) is 4.74 Å². The van der Waals surface area contributed by atoms with Gasteiger partial charge in [-0.1, -0.05) is 30.3 Å². The van der Waals surface area contributed by atoms with E-state index in [0.29, 0.717) is 0 Å². The summed E-state index contributed by atoms with van der Waals surface area (Å²) in [7, 11) is 2.13. The molecule has 0 radical (unpaired) electrons. The first-order valence-corrected chi connectivity index (χ1v) is 10.0. The van der Waals surface area contributed by atoms with Crippen molar-refractivity contribution in [1.29, 1.82) is 0 Å². The Morgan fingerprint density at radius 1 is 0.964 bits per heavy atom. The minimum atomic E-state index is -0.150. The van der Waals surface area contributed by atoms with Gasteiger partial charge in [-0.05, 0) is 46.0 Å². The van der Waals surface area contributed by atoms with E-state index in [0.717, 1.165) is 48.7 Å². The van der Waals surface area contributed by atoms with Crippen molar-refractivity contribution in [2.45, 2.75) is 32.9 Å². The molecule has 2 aromatic rings. The number of nitrogens with one attached hydrogen (secondary N) is 1. The van der Waals surface area contributed by atoms with Crippen LogP contribution in [0.4, 0.5) is 5.69 Å². The molecule has 1 atom stereocenters. The second-order valence-electron chi connectivity index (χ2n) is 7.71. The van der Waals surface area contributed by atoms with Crippen LogP contribution in [-0.2, 0) is 0 Å². The highest BCUT2D eigenvalue weighted by Gasteiger charge is 2.22. The first-order chi connectivity index (χ1) is 13.5. The molecule has 28 heavy (non-hydrogen) atoms. The van der Waals surface area contributed by atoms with Crippen molar-refractivity contribution in [1.82, 2.24) is 10.2 Å². The number of rotatable bonds is 6. The van der Waals surface area contributed by atoms with Gasteiger partial charge in [-0.3, -0.25) is 4.79 Å². The van der Waals surface area contributed by atoms with Crippen LogP contribution >= 0.6 is 0 Å². The van der Waals surface area contributed by atoms with Crippen molar-refractivity contribution in [2.75, 3.05) is 38.1 Å². The molecule has 3 rings (SSSR count). The topological polar surface area (TPSA) is 44.8 Å². The Kier molecular flexibility index (Phi) is 6.57. The van der Waals surface area contributed by atoms with Crippen LogP contribution in [0, 0.1) is 0 Å². The van der Waals surface area contributed by atoms with E-state index in [9.17, 15) is 4.79 Å². The quantitative estimate of drug-likeness (QED) is 0.828. The van der Waals surface area contributed by atoms with Crippen LogP contribution in [0.15, 0.2) is 48.5 Å². The van der Waals surface area contributed by atoms with Gasteiger partial charge in [0.05, 0.1) is 17.7 Å². The van der Waals surface area contributed by atoms with E-state index in [-0.39, 0.29) is 18.1 Å². The summed E-state index contributed by atoms with van der Waals surface area (Å²) >= 11 is 0. The van der Waals surface area contributed by atoms with Gasteiger partial charge in [-0.25, -0.2) is 0 Å². The van der Waals surface area contributed by atoms with Gasteiger partial charge in [0.1, 0.15) is 5.75 Å². The lowest BCUT2D eigenvalue weighted by Crippen LogP contribution is -2.45. The number of benzene rings is 2. The summed E-state index contributed by atoms with van der Waals surface area (Å²) in [5.74, 6) is 0.763. The van der Waals surface area contributed by atoms with Gasteiger partial charge in [0.25, 0.3) is 5.91 Å². The maximum Gasteiger partial charge on any atom is 0.253 e. The number of nitrogens with zero attached hydrogens (tertiary/aromatic N) is 2. The summed E-state index contributed by atoms with van der Waals surface area (Å²) in [6.45, 7) is 9.89. The molecule has 150 valence electrons. The van der Waals surface area contributed by atoms with E-state index in [2.05, 4.69) is 22.2 Å². The number of anilines is 1. The highest BCUT2D eigenvalue weighted by atomic mass is 16.5. The van der Waals surface area contributed by atoms with Gasteiger partial charge >= 0.3 is 0 Å². The van der Waals surface area contributed by atoms with E-state index < -0.39 is 0 Å². The number of carbonyl (C=O) groups is 1. The fourth-order valence-electron chi connectivity index (χ4n) is 3.54. The third-order valence-electron chi connectivity index (χ3n) is 5.09. The summed E-state index contributed by atoms with van der Waals surface area (Å²) in [5.41, 5.74) is 2.72. The lowest BCUT2D eigenvalue weighted by atomic mass is 10.1. The normalized spacial score (nSPS) is 16.1. The Morgan fingerprint density at radius 2 is 1.61 bits per heavy atom.